The fourth-order valence-corrected chi connectivity index (χ4v) is 6.13. The molecule has 6 heteroatoms. The molecule has 1 aromatic heterocycles. The van der Waals surface area contributed by atoms with Gasteiger partial charge < -0.3 is 19.2 Å². The molecule has 5 nitrogen and oxygen atoms in total. The zero-order valence-corrected chi connectivity index (χ0v) is 21.8. The Morgan fingerprint density at radius 1 is 1.22 bits per heavy atom. The van der Waals surface area contributed by atoms with Crippen molar-refractivity contribution in [2.75, 3.05) is 19.7 Å². The van der Waals surface area contributed by atoms with Crippen molar-refractivity contribution in [2.45, 2.75) is 73.6 Å². The Bertz CT molecular complexity index is 1200. The number of carbonyl (C=O) groups is 1. The lowest BCUT2D eigenvalue weighted by Crippen LogP contribution is -2.44. The van der Waals surface area contributed by atoms with Gasteiger partial charge in [-0.2, -0.15) is 0 Å². The lowest BCUT2D eigenvalue weighted by molar-refractivity contribution is -0.130. The maximum absolute atomic E-state index is 9.13. The molecule has 0 saturated carbocycles. The monoisotopic (exact) mass is 505 g/mol. The molecule has 2 unspecified atom stereocenters. The molecule has 36 heavy (non-hydrogen) atoms. The first-order valence-corrected chi connectivity index (χ1v) is 13.7. The van der Waals surface area contributed by atoms with Crippen LogP contribution < -0.4 is 4.74 Å². The molecule has 2 aromatic carbocycles. The van der Waals surface area contributed by atoms with E-state index in [1.165, 1.54) is 71.9 Å². The molecule has 0 spiro atoms. The number of ether oxygens (including phenoxy) is 1. The first-order chi connectivity index (χ1) is 17.6. The average molecular weight is 506 g/mol. The minimum Gasteiger partial charge on any atom is -0.492 e. The van der Waals surface area contributed by atoms with Crippen LogP contribution in [0.25, 0.3) is 11.0 Å². The molecule has 0 bridgehead atoms. The van der Waals surface area contributed by atoms with Crippen molar-refractivity contribution in [3.63, 3.8) is 0 Å². The highest BCUT2D eigenvalue weighted by Gasteiger charge is 2.32. The Morgan fingerprint density at radius 3 is 2.86 bits per heavy atom. The van der Waals surface area contributed by atoms with Crippen molar-refractivity contribution in [1.82, 2.24) is 4.90 Å². The molecular formula is C30H35NO4S. The summed E-state index contributed by atoms with van der Waals surface area (Å²) in [6.45, 7) is 5.50. The van der Waals surface area contributed by atoms with Crippen LogP contribution >= 0.6 is 11.8 Å². The normalized spacial score (nSPS) is 19.6. The Kier molecular flexibility index (Phi) is 9.38. The smallest absolute Gasteiger partial charge is 0.381 e. The van der Waals surface area contributed by atoms with Crippen LogP contribution in [0, 0.1) is 12.3 Å². The van der Waals surface area contributed by atoms with E-state index in [-0.39, 0.29) is 0 Å². The number of piperidine rings is 2. The van der Waals surface area contributed by atoms with Gasteiger partial charge in [-0.1, -0.05) is 43.7 Å². The molecule has 190 valence electrons. The first kappa shape index (κ1) is 26.2. The van der Waals surface area contributed by atoms with Gasteiger partial charge in [0.15, 0.2) is 0 Å². The van der Waals surface area contributed by atoms with Gasteiger partial charge in [-0.15, -0.1) is 6.42 Å². The predicted molar refractivity (Wildman–Crippen MR) is 145 cm³/mol. The van der Waals surface area contributed by atoms with Crippen molar-refractivity contribution >= 4 is 28.7 Å². The van der Waals surface area contributed by atoms with Crippen LogP contribution in [0.1, 0.15) is 63.4 Å². The van der Waals surface area contributed by atoms with E-state index < -0.39 is 5.97 Å². The number of rotatable bonds is 7. The summed E-state index contributed by atoms with van der Waals surface area (Å²) in [6.07, 6.45) is 15.2. The third-order valence-electron chi connectivity index (χ3n) is 7.04. The van der Waals surface area contributed by atoms with Gasteiger partial charge in [0.25, 0.3) is 0 Å². The Labute approximate surface area is 218 Å². The standard InChI is InChI=1S/C27H33NO2S.C3H2O2/c1-2-3-16-29-26-9-4-5-10-27(26)31-22-11-12-25-23(18-22)24(19-30-25)20-13-15-28-14-7-6-8-21(28)17-20;1-2-3(4)5/h4-5,9-12,18-21H,2-3,6-8,13-17H2,1H3;1H,(H,4,5). The predicted octanol–water partition coefficient (Wildman–Crippen LogP) is 7.20. The molecule has 1 N–H and O–H groups in total. The largest absolute Gasteiger partial charge is 0.492 e. The fourth-order valence-electron chi connectivity index (χ4n) is 5.19. The molecule has 3 heterocycles. The summed E-state index contributed by atoms with van der Waals surface area (Å²) in [5.41, 5.74) is 2.42. The first-order valence-electron chi connectivity index (χ1n) is 12.9. The van der Waals surface area contributed by atoms with Crippen molar-refractivity contribution < 1.29 is 19.1 Å². The van der Waals surface area contributed by atoms with E-state index in [1.807, 2.05) is 6.26 Å². The number of carboxylic acid groups (broad SMARTS) is 1. The number of nitrogens with zero attached hydrogens (tertiary/aromatic N) is 1. The minimum atomic E-state index is -1.22. The summed E-state index contributed by atoms with van der Waals surface area (Å²) in [6, 6.07) is 15.8. The van der Waals surface area contributed by atoms with Crippen LogP contribution in [-0.2, 0) is 4.79 Å². The molecule has 5 rings (SSSR count). The maximum atomic E-state index is 9.13. The number of benzene rings is 2. The highest BCUT2D eigenvalue weighted by molar-refractivity contribution is 7.99. The van der Waals surface area contributed by atoms with Crippen LogP contribution in [0.4, 0.5) is 0 Å². The summed E-state index contributed by atoms with van der Waals surface area (Å²) in [5, 5.41) is 8.78. The molecule has 2 saturated heterocycles. The van der Waals surface area contributed by atoms with Crippen molar-refractivity contribution in [3.8, 4) is 18.1 Å². The van der Waals surface area contributed by atoms with Crippen LogP contribution in [0.2, 0.25) is 0 Å². The molecule has 2 aliphatic rings. The van der Waals surface area contributed by atoms with Crippen LogP contribution in [0.3, 0.4) is 0 Å². The fraction of sp³-hybridized carbons (Fsp3) is 0.433. The zero-order valence-electron chi connectivity index (χ0n) is 20.9. The van der Waals surface area contributed by atoms with Crippen molar-refractivity contribution in [1.29, 1.82) is 0 Å². The van der Waals surface area contributed by atoms with Crippen LogP contribution in [0.5, 0.6) is 5.75 Å². The summed E-state index contributed by atoms with van der Waals surface area (Å²) < 4.78 is 12.0. The molecule has 2 atom stereocenters. The van der Waals surface area contributed by atoms with Gasteiger partial charge >= 0.3 is 5.97 Å². The van der Waals surface area contributed by atoms with E-state index in [9.17, 15) is 0 Å². The van der Waals surface area contributed by atoms with E-state index in [2.05, 4.69) is 60.7 Å². The lowest BCUT2D eigenvalue weighted by Gasteiger charge is -2.42. The summed E-state index contributed by atoms with van der Waals surface area (Å²) >= 11 is 1.79. The van der Waals surface area contributed by atoms with E-state index in [4.69, 9.17) is 19.1 Å². The number of hydrogen-bond acceptors (Lipinski definition) is 5. The summed E-state index contributed by atoms with van der Waals surface area (Å²) in [4.78, 5) is 14.3. The molecule has 0 aliphatic carbocycles. The molecule has 0 radical (unpaired) electrons. The number of terminal acetylenes is 1. The molecule has 2 aliphatic heterocycles. The Morgan fingerprint density at radius 2 is 2.06 bits per heavy atom. The second-order valence-electron chi connectivity index (χ2n) is 9.46. The quantitative estimate of drug-likeness (QED) is 0.271. The van der Waals surface area contributed by atoms with Gasteiger partial charge in [0.05, 0.1) is 17.8 Å². The molecular weight excluding hydrogens is 470 g/mol. The SMILES string of the molecule is C#CC(=O)O.CCCCOc1ccccc1Sc1ccc2occ(C3CCN4CCCCC4C3)c2c1. The number of fused-ring (bicyclic) bond motifs is 2. The number of furan rings is 1. The number of carboxylic acids is 1. The molecule has 2 fully saturated rings. The third-order valence-corrected chi connectivity index (χ3v) is 8.09. The highest BCUT2D eigenvalue weighted by Crippen LogP contribution is 2.41. The zero-order chi connectivity index (χ0) is 25.3. The van der Waals surface area contributed by atoms with Crippen molar-refractivity contribution in [3.05, 3.63) is 54.3 Å². The van der Waals surface area contributed by atoms with E-state index >= 15 is 0 Å². The average Bonchev–Trinajstić information content (AvgIpc) is 3.33. The van der Waals surface area contributed by atoms with E-state index in [1.54, 1.807) is 11.8 Å². The van der Waals surface area contributed by atoms with Gasteiger partial charge in [0, 0.05) is 27.8 Å². The summed E-state index contributed by atoms with van der Waals surface area (Å²) in [5.74, 6) is 1.83. The second kappa shape index (κ2) is 12.9. The van der Waals surface area contributed by atoms with Crippen LogP contribution in [0.15, 0.2) is 62.9 Å². The van der Waals surface area contributed by atoms with E-state index in [0.717, 1.165) is 36.8 Å². The van der Waals surface area contributed by atoms with Gasteiger partial charge in [0.2, 0.25) is 0 Å². The van der Waals surface area contributed by atoms with Gasteiger partial charge in [-0.3, -0.25) is 0 Å². The third kappa shape index (κ3) is 6.66. The number of aliphatic carboxylic acids is 1. The molecule has 0 amide bonds. The van der Waals surface area contributed by atoms with Crippen LogP contribution in [-0.4, -0.2) is 41.7 Å². The Balaban J connectivity index is 0.000000556. The number of unbranched alkanes of at least 4 members (excludes halogenated alkanes) is 1. The van der Waals surface area contributed by atoms with Crippen molar-refractivity contribution in [2.24, 2.45) is 0 Å². The Hall–Kier alpha value is -2.88. The number of para-hydroxylation sites is 1. The summed E-state index contributed by atoms with van der Waals surface area (Å²) in [7, 11) is 0. The second-order valence-corrected chi connectivity index (χ2v) is 10.6. The van der Waals surface area contributed by atoms with E-state index in [0.29, 0.717) is 5.92 Å². The lowest BCUT2D eigenvalue weighted by atomic mass is 9.82. The van der Waals surface area contributed by atoms with Gasteiger partial charge in [-0.25, -0.2) is 4.79 Å². The van der Waals surface area contributed by atoms with Gasteiger partial charge in [0.1, 0.15) is 11.3 Å². The maximum Gasteiger partial charge on any atom is 0.381 e. The molecule has 3 aromatic rings. The highest BCUT2D eigenvalue weighted by atomic mass is 32.2. The topological polar surface area (TPSA) is 62.9 Å². The van der Waals surface area contributed by atoms with Gasteiger partial charge in [-0.05, 0) is 81.4 Å². The minimum absolute atomic E-state index is 0.616. The number of hydrogen-bond donors (Lipinski definition) is 1.